The first kappa shape index (κ1) is 54.5. The molecular formula is C47H82NO8P. The van der Waals surface area contributed by atoms with Gasteiger partial charge in [0, 0.05) is 12.8 Å². The summed E-state index contributed by atoms with van der Waals surface area (Å²) in [6, 6.07) is 0. The molecule has 0 aromatic rings. The number of phosphoric acid groups is 1. The predicted molar refractivity (Wildman–Crippen MR) is 236 cm³/mol. The number of phosphoric ester groups is 1. The van der Waals surface area contributed by atoms with Gasteiger partial charge >= 0.3 is 11.9 Å². The summed E-state index contributed by atoms with van der Waals surface area (Å²) in [4.78, 5) is 37.5. The van der Waals surface area contributed by atoms with Crippen LogP contribution in [0.3, 0.4) is 0 Å². The first-order chi connectivity index (χ1) is 27.5. The molecule has 0 aliphatic heterocycles. The van der Waals surface area contributed by atoms with Crippen molar-refractivity contribution in [2.75, 3.05) is 47.5 Å². The minimum Gasteiger partial charge on any atom is -0.756 e. The Morgan fingerprint density at radius 2 is 1.04 bits per heavy atom. The summed E-state index contributed by atoms with van der Waals surface area (Å²) in [5.41, 5.74) is 0. The molecule has 0 aliphatic rings. The molecule has 0 spiro atoms. The molecule has 0 saturated carbocycles. The third-order valence-corrected chi connectivity index (χ3v) is 9.94. The highest BCUT2D eigenvalue weighted by Crippen LogP contribution is 2.38. The topological polar surface area (TPSA) is 111 Å². The van der Waals surface area contributed by atoms with Crippen LogP contribution >= 0.6 is 7.82 Å². The fraction of sp³-hybridized carbons (Fsp3) is 0.702. The van der Waals surface area contributed by atoms with E-state index in [0.29, 0.717) is 23.9 Å². The van der Waals surface area contributed by atoms with Gasteiger partial charge < -0.3 is 27.9 Å². The molecule has 0 amide bonds. The molecule has 0 bridgehead atoms. The van der Waals surface area contributed by atoms with E-state index in [1.54, 1.807) is 0 Å². The lowest BCUT2D eigenvalue weighted by atomic mass is 10.1. The quantitative estimate of drug-likeness (QED) is 0.0198. The van der Waals surface area contributed by atoms with Gasteiger partial charge in [0.25, 0.3) is 7.82 Å². The zero-order valence-corrected chi connectivity index (χ0v) is 37.7. The van der Waals surface area contributed by atoms with E-state index in [1.807, 2.05) is 33.3 Å². The highest BCUT2D eigenvalue weighted by atomic mass is 31.2. The molecule has 328 valence electrons. The van der Waals surface area contributed by atoms with Gasteiger partial charge in [0.15, 0.2) is 6.10 Å². The van der Waals surface area contributed by atoms with Gasteiger partial charge in [-0.3, -0.25) is 14.2 Å². The van der Waals surface area contributed by atoms with E-state index in [1.165, 1.54) is 57.8 Å². The molecule has 0 N–H and O–H groups in total. The van der Waals surface area contributed by atoms with Crippen LogP contribution in [0.4, 0.5) is 0 Å². The van der Waals surface area contributed by atoms with Gasteiger partial charge in [0.1, 0.15) is 19.8 Å². The predicted octanol–water partition coefficient (Wildman–Crippen LogP) is 12.0. The normalized spacial score (nSPS) is 14.3. The number of likely N-dealkylation sites (N-methyl/N-ethyl adjacent to an activating group) is 1. The third kappa shape index (κ3) is 42.9. The molecule has 0 aliphatic carbocycles. The molecule has 0 aromatic carbocycles. The van der Waals surface area contributed by atoms with Crippen molar-refractivity contribution in [3.63, 3.8) is 0 Å². The summed E-state index contributed by atoms with van der Waals surface area (Å²) < 4.78 is 33.8. The average molecular weight is 820 g/mol. The molecule has 0 fully saturated rings. The van der Waals surface area contributed by atoms with Crippen molar-refractivity contribution >= 4 is 19.8 Å². The van der Waals surface area contributed by atoms with E-state index >= 15 is 0 Å². The summed E-state index contributed by atoms with van der Waals surface area (Å²) >= 11 is 0. The van der Waals surface area contributed by atoms with Crippen LogP contribution in [0.5, 0.6) is 0 Å². The summed E-state index contributed by atoms with van der Waals surface area (Å²) in [7, 11) is 1.12. The Kier molecular flexibility index (Phi) is 37.2. The average Bonchev–Trinajstić information content (AvgIpc) is 3.16. The Bertz CT molecular complexity index is 1200. The largest absolute Gasteiger partial charge is 0.756 e. The molecule has 2 unspecified atom stereocenters. The molecule has 0 radical (unpaired) electrons. The number of hydrogen-bond donors (Lipinski definition) is 0. The highest BCUT2D eigenvalue weighted by Gasteiger charge is 2.21. The zero-order chi connectivity index (χ0) is 42.1. The van der Waals surface area contributed by atoms with Gasteiger partial charge in [-0.05, 0) is 70.6 Å². The lowest BCUT2D eigenvalue weighted by Crippen LogP contribution is -2.37. The highest BCUT2D eigenvalue weighted by molar-refractivity contribution is 7.45. The number of nitrogens with zero attached hydrogens (tertiary/aromatic N) is 1. The summed E-state index contributed by atoms with van der Waals surface area (Å²) in [5.74, 6) is -0.931. The minimum atomic E-state index is -4.64. The maximum absolute atomic E-state index is 12.6. The number of esters is 2. The van der Waals surface area contributed by atoms with E-state index < -0.39 is 32.5 Å². The van der Waals surface area contributed by atoms with Gasteiger partial charge in [-0.1, -0.05) is 151 Å². The Hall–Kier alpha value is -2.55. The fourth-order valence-electron chi connectivity index (χ4n) is 5.52. The van der Waals surface area contributed by atoms with Gasteiger partial charge in [0.2, 0.25) is 0 Å². The van der Waals surface area contributed by atoms with E-state index in [-0.39, 0.29) is 26.1 Å². The monoisotopic (exact) mass is 820 g/mol. The molecule has 9 nitrogen and oxygen atoms in total. The Balaban J connectivity index is 4.41. The van der Waals surface area contributed by atoms with Crippen molar-refractivity contribution in [2.24, 2.45) is 0 Å². The number of unbranched alkanes of at least 4 members (excludes halogenated alkanes) is 13. The number of quaternary nitrogens is 1. The molecule has 0 heterocycles. The SMILES string of the molecule is CC/C=C/C/C=C/C/C=C/C/C=C/CCCCCCCCCC(=O)OCC(COP(=O)([O-])OCC[N+](C)(C)C)OC(=O)CC/C=C/C/C=C/CCCCCCCC. The number of hydrogen-bond acceptors (Lipinski definition) is 8. The third-order valence-electron chi connectivity index (χ3n) is 8.97. The van der Waals surface area contributed by atoms with Gasteiger partial charge in [-0.2, -0.15) is 0 Å². The van der Waals surface area contributed by atoms with Gasteiger partial charge in [0.05, 0.1) is 27.7 Å². The Labute approximate surface area is 348 Å². The summed E-state index contributed by atoms with van der Waals surface area (Å²) in [6.07, 6.45) is 48.0. The van der Waals surface area contributed by atoms with Crippen molar-refractivity contribution in [3.05, 3.63) is 72.9 Å². The van der Waals surface area contributed by atoms with Crippen molar-refractivity contribution in [1.29, 1.82) is 0 Å². The van der Waals surface area contributed by atoms with Crippen LogP contribution < -0.4 is 4.89 Å². The number of carbonyl (C=O) groups excluding carboxylic acids is 2. The summed E-state index contributed by atoms with van der Waals surface area (Å²) in [6.45, 7) is 4.01. The molecule has 0 aromatic heterocycles. The van der Waals surface area contributed by atoms with E-state index in [9.17, 15) is 19.0 Å². The van der Waals surface area contributed by atoms with Crippen LogP contribution in [0.2, 0.25) is 0 Å². The molecular weight excluding hydrogens is 737 g/mol. The number of ether oxygens (including phenoxy) is 2. The van der Waals surface area contributed by atoms with E-state index in [0.717, 1.165) is 64.2 Å². The van der Waals surface area contributed by atoms with Crippen molar-refractivity contribution in [3.8, 4) is 0 Å². The van der Waals surface area contributed by atoms with Crippen molar-refractivity contribution < 1.29 is 42.1 Å². The summed E-state index contributed by atoms with van der Waals surface area (Å²) in [5, 5.41) is 0. The van der Waals surface area contributed by atoms with Crippen LogP contribution in [0.15, 0.2) is 72.9 Å². The Morgan fingerprint density at radius 1 is 0.561 bits per heavy atom. The van der Waals surface area contributed by atoms with Crippen LogP contribution in [0, 0.1) is 0 Å². The molecule has 57 heavy (non-hydrogen) atoms. The Morgan fingerprint density at radius 3 is 1.56 bits per heavy atom. The maximum Gasteiger partial charge on any atom is 0.306 e. The first-order valence-corrected chi connectivity index (χ1v) is 23.6. The number of allylic oxidation sites excluding steroid dienone is 12. The molecule has 0 saturated heterocycles. The fourth-order valence-corrected chi connectivity index (χ4v) is 6.25. The van der Waals surface area contributed by atoms with Gasteiger partial charge in [-0.15, -0.1) is 0 Å². The van der Waals surface area contributed by atoms with Gasteiger partial charge in [-0.25, -0.2) is 0 Å². The first-order valence-electron chi connectivity index (χ1n) is 22.1. The van der Waals surface area contributed by atoms with Crippen LogP contribution in [-0.4, -0.2) is 70.0 Å². The maximum atomic E-state index is 12.6. The molecule has 10 heteroatoms. The number of carbonyl (C=O) groups is 2. The smallest absolute Gasteiger partial charge is 0.306 e. The second-order valence-electron chi connectivity index (χ2n) is 15.7. The van der Waals surface area contributed by atoms with Crippen LogP contribution in [0.1, 0.15) is 162 Å². The van der Waals surface area contributed by atoms with Crippen LogP contribution in [-0.2, 0) is 32.7 Å². The standard InChI is InChI=1S/C47H82NO8P/c1-6-8-10-12-14-16-18-20-21-22-23-24-25-26-28-29-31-33-35-37-39-46(49)53-43-45(44-55-57(51,52)54-42-41-48(3,4)5)56-47(50)40-38-36-34-32-30-27-19-17-15-13-11-9-7-2/h8,10,14,16,20-21,23-24,27,30,34,36,45H,6-7,9,11-13,15,17-19,22,25-26,28-29,31-33,35,37-44H2,1-5H3/b10-8+,16-14+,21-20+,24-23+,30-27+,36-34+. The molecule has 0 rings (SSSR count). The van der Waals surface area contributed by atoms with E-state index in [2.05, 4.69) is 74.6 Å². The molecule has 2 atom stereocenters. The number of rotatable bonds is 39. The second kappa shape index (κ2) is 38.9. The van der Waals surface area contributed by atoms with Crippen LogP contribution in [0.25, 0.3) is 0 Å². The van der Waals surface area contributed by atoms with E-state index in [4.69, 9.17) is 18.5 Å². The van der Waals surface area contributed by atoms with Crippen molar-refractivity contribution in [1.82, 2.24) is 0 Å². The lowest BCUT2D eigenvalue weighted by Gasteiger charge is -2.28. The second-order valence-corrected chi connectivity index (χ2v) is 17.1. The lowest BCUT2D eigenvalue weighted by molar-refractivity contribution is -0.870. The zero-order valence-electron chi connectivity index (χ0n) is 36.8. The van der Waals surface area contributed by atoms with Crippen molar-refractivity contribution in [2.45, 2.75) is 168 Å². The minimum absolute atomic E-state index is 0.0453.